The Morgan fingerprint density at radius 1 is 1.33 bits per heavy atom. The molecule has 3 nitrogen and oxygen atoms in total. The zero-order valence-corrected chi connectivity index (χ0v) is 12.1. The Morgan fingerprint density at radius 3 is 2.39 bits per heavy atom. The van der Waals surface area contributed by atoms with Crippen LogP contribution in [0.15, 0.2) is 0 Å². The smallest absolute Gasteiger partial charge is 0.122 e. The minimum Gasteiger partial charge on any atom is -0.298 e. The summed E-state index contributed by atoms with van der Waals surface area (Å²) < 4.78 is 0. The molecule has 0 aliphatic heterocycles. The van der Waals surface area contributed by atoms with Gasteiger partial charge in [-0.15, -0.1) is 0 Å². The van der Waals surface area contributed by atoms with E-state index in [4.69, 9.17) is 0 Å². The van der Waals surface area contributed by atoms with Crippen molar-refractivity contribution in [1.29, 1.82) is 5.26 Å². The lowest BCUT2D eigenvalue weighted by Gasteiger charge is -2.36. The second-order valence-corrected chi connectivity index (χ2v) is 6.34. The topological polar surface area (TPSA) is 39.1 Å². The lowest BCUT2D eigenvalue weighted by atomic mass is 9.93. The van der Waals surface area contributed by atoms with Crippen LogP contribution in [0.3, 0.4) is 0 Å². The Balaban J connectivity index is 2.04. The number of nitrogens with zero attached hydrogens (tertiary/aromatic N) is 2. The molecule has 3 heteroatoms. The van der Waals surface area contributed by atoms with Crippen LogP contribution in [0.4, 0.5) is 0 Å². The molecule has 0 heterocycles. The van der Waals surface area contributed by atoms with Crippen molar-refractivity contribution in [2.75, 3.05) is 13.1 Å². The van der Waals surface area contributed by atoms with E-state index in [9.17, 15) is 5.26 Å². The number of hydrogen-bond donors (Lipinski definition) is 1. The van der Waals surface area contributed by atoms with Crippen molar-refractivity contribution in [3.8, 4) is 6.07 Å². The number of nitriles is 1. The third-order valence-electron chi connectivity index (χ3n) is 4.21. The highest BCUT2D eigenvalue weighted by Crippen LogP contribution is 2.42. The first-order valence-corrected chi connectivity index (χ1v) is 7.54. The van der Waals surface area contributed by atoms with Gasteiger partial charge in [0.25, 0.3) is 0 Å². The van der Waals surface area contributed by atoms with Gasteiger partial charge in [-0.3, -0.25) is 10.2 Å². The second-order valence-electron chi connectivity index (χ2n) is 6.34. The molecule has 0 radical (unpaired) electrons. The van der Waals surface area contributed by atoms with Crippen LogP contribution < -0.4 is 5.32 Å². The van der Waals surface area contributed by atoms with Gasteiger partial charge in [-0.2, -0.15) is 5.26 Å². The molecule has 0 amide bonds. The summed E-state index contributed by atoms with van der Waals surface area (Å²) in [7, 11) is 0. The van der Waals surface area contributed by atoms with Crippen LogP contribution in [-0.4, -0.2) is 35.6 Å². The van der Waals surface area contributed by atoms with Crippen molar-refractivity contribution in [3.05, 3.63) is 0 Å². The zero-order valence-electron chi connectivity index (χ0n) is 12.1. The van der Waals surface area contributed by atoms with Gasteiger partial charge in [-0.05, 0) is 58.4 Å². The van der Waals surface area contributed by atoms with Gasteiger partial charge in [-0.1, -0.05) is 6.92 Å². The monoisotopic (exact) mass is 249 g/mol. The maximum atomic E-state index is 9.72. The van der Waals surface area contributed by atoms with E-state index in [0.717, 1.165) is 19.5 Å². The standard InChI is InChI=1S/C15H27N3/c1-4-9-18(12(2)3)11-15(10-16,13-5-6-13)17-14-7-8-14/h12-14,17H,4-9,11H2,1-3H3. The van der Waals surface area contributed by atoms with E-state index in [2.05, 4.69) is 37.1 Å². The van der Waals surface area contributed by atoms with Gasteiger partial charge in [0.2, 0.25) is 0 Å². The van der Waals surface area contributed by atoms with Crippen molar-refractivity contribution in [2.24, 2.45) is 5.92 Å². The van der Waals surface area contributed by atoms with Gasteiger partial charge < -0.3 is 0 Å². The summed E-state index contributed by atoms with van der Waals surface area (Å²) >= 11 is 0. The predicted octanol–water partition coefficient (Wildman–Crippen LogP) is 2.53. The lowest BCUT2D eigenvalue weighted by molar-refractivity contribution is 0.160. The largest absolute Gasteiger partial charge is 0.298 e. The minimum atomic E-state index is -0.277. The average Bonchev–Trinajstić information content (AvgIpc) is 3.18. The van der Waals surface area contributed by atoms with Crippen molar-refractivity contribution < 1.29 is 0 Å². The minimum absolute atomic E-state index is 0.277. The summed E-state index contributed by atoms with van der Waals surface area (Å²) in [6.45, 7) is 8.69. The first kappa shape index (κ1) is 13.8. The summed E-state index contributed by atoms with van der Waals surface area (Å²) in [5, 5.41) is 13.4. The molecule has 1 atom stereocenters. The fourth-order valence-electron chi connectivity index (χ4n) is 2.75. The quantitative estimate of drug-likeness (QED) is 0.718. The molecule has 0 aromatic carbocycles. The highest BCUT2D eigenvalue weighted by molar-refractivity contribution is 5.18. The van der Waals surface area contributed by atoms with E-state index in [-0.39, 0.29) is 5.54 Å². The van der Waals surface area contributed by atoms with E-state index < -0.39 is 0 Å². The zero-order chi connectivity index (χ0) is 13.2. The Hall–Kier alpha value is -0.590. The van der Waals surface area contributed by atoms with Crippen LogP contribution in [-0.2, 0) is 0 Å². The van der Waals surface area contributed by atoms with Crippen molar-refractivity contribution in [1.82, 2.24) is 10.2 Å². The van der Waals surface area contributed by atoms with Crippen LogP contribution in [0.25, 0.3) is 0 Å². The van der Waals surface area contributed by atoms with Gasteiger partial charge in [0.1, 0.15) is 5.54 Å². The van der Waals surface area contributed by atoms with Gasteiger partial charge >= 0.3 is 0 Å². The number of rotatable bonds is 8. The van der Waals surface area contributed by atoms with Gasteiger partial charge in [0.05, 0.1) is 6.07 Å². The fourth-order valence-corrected chi connectivity index (χ4v) is 2.75. The van der Waals surface area contributed by atoms with Gasteiger partial charge in [0, 0.05) is 18.6 Å². The molecule has 2 saturated carbocycles. The Morgan fingerprint density at radius 2 is 2.00 bits per heavy atom. The van der Waals surface area contributed by atoms with Crippen LogP contribution >= 0.6 is 0 Å². The second kappa shape index (κ2) is 5.59. The molecule has 1 unspecified atom stereocenters. The maximum Gasteiger partial charge on any atom is 0.122 e. The molecule has 102 valence electrons. The van der Waals surface area contributed by atoms with E-state index in [1.54, 1.807) is 0 Å². The molecule has 2 rings (SSSR count). The van der Waals surface area contributed by atoms with Crippen LogP contribution in [0.5, 0.6) is 0 Å². The predicted molar refractivity (Wildman–Crippen MR) is 74.2 cm³/mol. The maximum absolute atomic E-state index is 9.72. The summed E-state index contributed by atoms with van der Waals surface area (Å²) in [4.78, 5) is 2.47. The van der Waals surface area contributed by atoms with Crippen molar-refractivity contribution in [3.63, 3.8) is 0 Å². The number of nitrogens with one attached hydrogen (secondary N) is 1. The Bertz CT molecular complexity index is 312. The van der Waals surface area contributed by atoms with Crippen LogP contribution in [0.1, 0.15) is 52.9 Å². The summed E-state index contributed by atoms with van der Waals surface area (Å²) in [6.07, 6.45) is 6.13. The molecule has 0 aromatic rings. The average molecular weight is 249 g/mol. The Labute approximate surface area is 112 Å². The van der Waals surface area contributed by atoms with Gasteiger partial charge in [0.15, 0.2) is 0 Å². The molecule has 0 bridgehead atoms. The van der Waals surface area contributed by atoms with Gasteiger partial charge in [-0.25, -0.2) is 0 Å². The lowest BCUT2D eigenvalue weighted by Crippen LogP contribution is -2.56. The van der Waals surface area contributed by atoms with E-state index in [1.165, 1.54) is 25.7 Å². The molecule has 1 N–H and O–H groups in total. The molecule has 2 aliphatic rings. The number of hydrogen-bond acceptors (Lipinski definition) is 3. The molecule has 0 spiro atoms. The van der Waals surface area contributed by atoms with E-state index in [1.807, 2.05) is 0 Å². The first-order chi connectivity index (χ1) is 8.61. The first-order valence-electron chi connectivity index (χ1n) is 7.54. The van der Waals surface area contributed by atoms with E-state index >= 15 is 0 Å². The highest BCUT2D eigenvalue weighted by atomic mass is 15.2. The summed E-state index contributed by atoms with van der Waals surface area (Å²) in [5.74, 6) is 0.584. The van der Waals surface area contributed by atoms with Crippen LogP contribution in [0, 0.1) is 17.2 Å². The third-order valence-corrected chi connectivity index (χ3v) is 4.21. The molecular formula is C15H27N3. The van der Waals surface area contributed by atoms with Crippen molar-refractivity contribution in [2.45, 2.75) is 70.5 Å². The molecule has 18 heavy (non-hydrogen) atoms. The SMILES string of the molecule is CCCN(CC(C#N)(NC1CC1)C1CC1)C(C)C. The molecule has 0 aromatic heterocycles. The highest BCUT2D eigenvalue weighted by Gasteiger charge is 2.49. The molecule has 2 fully saturated rings. The van der Waals surface area contributed by atoms with Crippen molar-refractivity contribution >= 4 is 0 Å². The normalized spacial score (nSPS) is 23.1. The molecule has 0 saturated heterocycles. The molecule has 2 aliphatic carbocycles. The summed E-state index contributed by atoms with van der Waals surface area (Å²) in [5.41, 5.74) is -0.277. The Kier molecular flexibility index (Phi) is 4.29. The fraction of sp³-hybridized carbons (Fsp3) is 0.933. The third kappa shape index (κ3) is 3.24. The van der Waals surface area contributed by atoms with E-state index in [0.29, 0.717) is 18.0 Å². The summed E-state index contributed by atoms with van der Waals surface area (Å²) in [6, 6.07) is 3.78. The molecular weight excluding hydrogens is 222 g/mol. The van der Waals surface area contributed by atoms with Crippen LogP contribution in [0.2, 0.25) is 0 Å².